The molecule has 1 aliphatic carbocycles. The average Bonchev–Trinajstić information content (AvgIpc) is 2.53. The highest BCUT2D eigenvalue weighted by molar-refractivity contribution is 5.29. The Morgan fingerprint density at radius 1 is 1.10 bits per heavy atom. The first-order valence-electron chi connectivity index (χ1n) is 7.94. The molecule has 0 bridgehead atoms. The molecule has 2 heteroatoms. The van der Waals surface area contributed by atoms with E-state index in [9.17, 15) is 0 Å². The van der Waals surface area contributed by atoms with E-state index in [2.05, 4.69) is 29.6 Å². The van der Waals surface area contributed by atoms with Gasteiger partial charge < -0.3 is 10.1 Å². The van der Waals surface area contributed by atoms with Gasteiger partial charge in [-0.1, -0.05) is 23.3 Å². The van der Waals surface area contributed by atoms with Crippen LogP contribution >= 0.6 is 0 Å². The summed E-state index contributed by atoms with van der Waals surface area (Å²) in [7, 11) is 1.72. The zero-order chi connectivity index (χ0) is 13.8. The Bertz CT molecular complexity index is 471. The minimum Gasteiger partial charge on any atom is -0.497 e. The first-order chi connectivity index (χ1) is 9.86. The Morgan fingerprint density at radius 2 is 1.90 bits per heavy atom. The molecule has 1 heterocycles. The first kappa shape index (κ1) is 13.7. The second kappa shape index (κ2) is 6.45. The van der Waals surface area contributed by atoms with Gasteiger partial charge in [0.1, 0.15) is 5.75 Å². The van der Waals surface area contributed by atoms with E-state index in [4.69, 9.17) is 4.74 Å². The van der Waals surface area contributed by atoms with Crippen molar-refractivity contribution in [2.24, 2.45) is 0 Å². The third-order valence-electron chi connectivity index (χ3n) is 4.75. The van der Waals surface area contributed by atoms with E-state index < -0.39 is 0 Å². The van der Waals surface area contributed by atoms with Gasteiger partial charge in [-0.2, -0.15) is 0 Å². The summed E-state index contributed by atoms with van der Waals surface area (Å²) in [4.78, 5) is 0. The van der Waals surface area contributed by atoms with Crippen LogP contribution in [0.3, 0.4) is 0 Å². The molecule has 1 aromatic rings. The lowest BCUT2D eigenvalue weighted by atomic mass is 9.82. The van der Waals surface area contributed by atoms with Crippen molar-refractivity contribution in [2.75, 3.05) is 13.7 Å². The molecule has 1 unspecified atom stereocenters. The van der Waals surface area contributed by atoms with E-state index in [1.165, 1.54) is 50.6 Å². The van der Waals surface area contributed by atoms with Gasteiger partial charge in [0.25, 0.3) is 0 Å². The normalized spacial score (nSPS) is 22.6. The maximum absolute atomic E-state index is 5.21. The van der Waals surface area contributed by atoms with E-state index in [-0.39, 0.29) is 0 Å². The van der Waals surface area contributed by atoms with Crippen LogP contribution in [0.15, 0.2) is 35.4 Å². The summed E-state index contributed by atoms with van der Waals surface area (Å²) in [5, 5.41) is 3.73. The van der Waals surface area contributed by atoms with Gasteiger partial charge >= 0.3 is 0 Å². The number of aryl methyl sites for hydroxylation is 1. The molecule has 0 spiro atoms. The third-order valence-corrected chi connectivity index (χ3v) is 4.75. The predicted octanol–water partition coefficient (Wildman–Crippen LogP) is 3.86. The average molecular weight is 271 g/mol. The minimum absolute atomic E-state index is 0.626. The molecule has 0 saturated heterocycles. The highest BCUT2D eigenvalue weighted by Crippen LogP contribution is 2.32. The molecule has 108 valence electrons. The first-order valence-corrected chi connectivity index (χ1v) is 7.94. The van der Waals surface area contributed by atoms with E-state index in [0.29, 0.717) is 6.04 Å². The van der Waals surface area contributed by atoms with Crippen LogP contribution < -0.4 is 10.1 Å². The van der Waals surface area contributed by atoms with Crippen LogP contribution in [0.5, 0.6) is 5.75 Å². The van der Waals surface area contributed by atoms with E-state index >= 15 is 0 Å². The molecule has 0 amide bonds. The van der Waals surface area contributed by atoms with Gasteiger partial charge in [-0.3, -0.25) is 0 Å². The van der Waals surface area contributed by atoms with E-state index in [0.717, 1.165) is 12.2 Å². The number of hydrogen-bond donors (Lipinski definition) is 1. The highest BCUT2D eigenvalue weighted by Gasteiger charge is 2.24. The zero-order valence-corrected chi connectivity index (χ0v) is 12.5. The third kappa shape index (κ3) is 3.06. The Morgan fingerprint density at radius 3 is 2.70 bits per heavy atom. The van der Waals surface area contributed by atoms with Crippen molar-refractivity contribution in [3.63, 3.8) is 0 Å². The van der Waals surface area contributed by atoms with Gasteiger partial charge in [0.05, 0.1) is 7.11 Å². The second-order valence-corrected chi connectivity index (χ2v) is 5.98. The van der Waals surface area contributed by atoms with E-state index in [1.54, 1.807) is 18.3 Å². The van der Waals surface area contributed by atoms with Crippen molar-refractivity contribution >= 4 is 0 Å². The van der Waals surface area contributed by atoms with Crippen LogP contribution in [0.4, 0.5) is 0 Å². The SMILES string of the molecule is COc1ccc(CCC2NCCC3=C2CCCC3)cc1. The van der Waals surface area contributed by atoms with Crippen LogP contribution in [-0.4, -0.2) is 19.7 Å². The van der Waals surface area contributed by atoms with E-state index in [1.807, 2.05) is 0 Å². The molecule has 0 aromatic heterocycles. The monoisotopic (exact) mass is 271 g/mol. The summed E-state index contributed by atoms with van der Waals surface area (Å²) in [5.74, 6) is 0.946. The summed E-state index contributed by atoms with van der Waals surface area (Å²) >= 11 is 0. The standard InChI is InChI=1S/C18H25NO/c1-20-16-9-6-14(7-10-16)8-11-18-17-5-3-2-4-15(17)12-13-19-18/h6-7,9-10,18-19H,2-5,8,11-13H2,1H3. The number of benzene rings is 1. The summed E-state index contributed by atoms with van der Waals surface area (Å²) < 4.78 is 5.21. The molecule has 0 radical (unpaired) electrons. The number of methoxy groups -OCH3 is 1. The number of nitrogens with one attached hydrogen (secondary N) is 1. The number of hydrogen-bond acceptors (Lipinski definition) is 2. The quantitative estimate of drug-likeness (QED) is 0.840. The number of rotatable bonds is 4. The lowest BCUT2D eigenvalue weighted by Gasteiger charge is -2.33. The Balaban J connectivity index is 1.62. The van der Waals surface area contributed by atoms with Gasteiger partial charge in [0, 0.05) is 6.04 Å². The van der Waals surface area contributed by atoms with Crippen molar-refractivity contribution in [1.82, 2.24) is 5.32 Å². The fraction of sp³-hybridized carbons (Fsp3) is 0.556. The number of ether oxygens (including phenoxy) is 1. The van der Waals surface area contributed by atoms with Gasteiger partial charge in [-0.15, -0.1) is 0 Å². The molecule has 2 aliphatic rings. The molecule has 1 atom stereocenters. The lowest BCUT2D eigenvalue weighted by molar-refractivity contribution is 0.414. The molecular weight excluding hydrogens is 246 g/mol. The maximum Gasteiger partial charge on any atom is 0.118 e. The molecule has 3 rings (SSSR count). The Hall–Kier alpha value is -1.28. The largest absolute Gasteiger partial charge is 0.497 e. The molecule has 1 aliphatic heterocycles. The van der Waals surface area contributed by atoms with Crippen molar-refractivity contribution in [3.8, 4) is 5.75 Å². The second-order valence-electron chi connectivity index (χ2n) is 5.98. The van der Waals surface area contributed by atoms with Crippen molar-refractivity contribution in [2.45, 2.75) is 51.0 Å². The Kier molecular flexibility index (Phi) is 4.41. The molecule has 20 heavy (non-hydrogen) atoms. The predicted molar refractivity (Wildman–Crippen MR) is 83.2 cm³/mol. The van der Waals surface area contributed by atoms with Crippen molar-refractivity contribution < 1.29 is 4.74 Å². The van der Waals surface area contributed by atoms with Crippen LogP contribution in [0.25, 0.3) is 0 Å². The van der Waals surface area contributed by atoms with Gasteiger partial charge in [-0.25, -0.2) is 0 Å². The van der Waals surface area contributed by atoms with Crippen LogP contribution in [0.1, 0.15) is 44.1 Å². The smallest absolute Gasteiger partial charge is 0.118 e. The minimum atomic E-state index is 0.626. The van der Waals surface area contributed by atoms with Crippen molar-refractivity contribution in [3.05, 3.63) is 41.0 Å². The van der Waals surface area contributed by atoms with Gasteiger partial charge in [0.2, 0.25) is 0 Å². The topological polar surface area (TPSA) is 21.3 Å². The summed E-state index contributed by atoms with van der Waals surface area (Å²) in [5.41, 5.74) is 4.93. The van der Waals surface area contributed by atoms with Gasteiger partial charge in [0.15, 0.2) is 0 Å². The van der Waals surface area contributed by atoms with Gasteiger partial charge in [-0.05, 0) is 69.2 Å². The molecular formula is C18H25NO. The molecule has 1 N–H and O–H groups in total. The van der Waals surface area contributed by atoms with Crippen LogP contribution in [0, 0.1) is 0 Å². The highest BCUT2D eigenvalue weighted by atomic mass is 16.5. The Labute approximate surface area is 122 Å². The zero-order valence-electron chi connectivity index (χ0n) is 12.5. The summed E-state index contributed by atoms with van der Waals surface area (Å²) in [6.07, 6.45) is 9.15. The van der Waals surface area contributed by atoms with Crippen molar-refractivity contribution in [1.29, 1.82) is 0 Å². The fourth-order valence-electron chi connectivity index (χ4n) is 3.60. The summed E-state index contributed by atoms with van der Waals surface area (Å²) in [6, 6.07) is 9.14. The van der Waals surface area contributed by atoms with Crippen LogP contribution in [-0.2, 0) is 6.42 Å². The molecule has 1 aromatic carbocycles. The molecule has 2 nitrogen and oxygen atoms in total. The molecule has 0 fully saturated rings. The van der Waals surface area contributed by atoms with Crippen LogP contribution in [0.2, 0.25) is 0 Å². The summed E-state index contributed by atoms with van der Waals surface area (Å²) in [6.45, 7) is 1.17. The molecule has 0 saturated carbocycles. The lowest BCUT2D eigenvalue weighted by Crippen LogP contribution is -2.37. The fourth-order valence-corrected chi connectivity index (χ4v) is 3.60. The maximum atomic E-state index is 5.21.